The van der Waals surface area contributed by atoms with Crippen molar-refractivity contribution in [3.8, 4) is 11.8 Å². The molecule has 1 aromatic rings. The zero-order chi connectivity index (χ0) is 14.0. The van der Waals surface area contributed by atoms with E-state index in [1.165, 1.54) is 6.07 Å². The monoisotopic (exact) mass is 193 g/mol. The molecule has 1 aromatic carbocycles. The van der Waals surface area contributed by atoms with Gasteiger partial charge in [-0.1, -0.05) is 12.1 Å². The molecule has 0 fully saturated rings. The van der Waals surface area contributed by atoms with Gasteiger partial charge < -0.3 is 10.2 Å². The van der Waals surface area contributed by atoms with Crippen LogP contribution >= 0.6 is 0 Å². The van der Waals surface area contributed by atoms with Gasteiger partial charge in [-0.3, -0.25) is 0 Å². The van der Waals surface area contributed by atoms with Gasteiger partial charge in [0.2, 0.25) is 0 Å². The summed E-state index contributed by atoms with van der Waals surface area (Å²) < 4.78 is 29.6. The minimum absolute atomic E-state index is 0.359. The standard InChI is InChI=1S/C10H7NO3/c11-6-8(10(13)14)5-7-1-3-9(12)4-2-7/h1-5,12H,(H,13,14)/i1D,3D,4D,5D. The molecule has 70 valence electrons. The van der Waals surface area contributed by atoms with Crippen LogP contribution in [0.3, 0.4) is 0 Å². The van der Waals surface area contributed by atoms with Gasteiger partial charge in [0.25, 0.3) is 0 Å². The lowest BCUT2D eigenvalue weighted by Gasteiger charge is -1.94. The van der Waals surface area contributed by atoms with Crippen molar-refractivity contribution in [1.82, 2.24) is 0 Å². The number of nitrogens with zero attached hydrogens (tertiary/aromatic N) is 1. The zero-order valence-electron chi connectivity index (χ0n) is 10.8. The van der Waals surface area contributed by atoms with Crippen LogP contribution in [0.2, 0.25) is 0 Å². The van der Waals surface area contributed by atoms with Crippen molar-refractivity contribution in [3.63, 3.8) is 0 Å². The van der Waals surface area contributed by atoms with Crippen LogP contribution in [0.25, 0.3) is 6.05 Å². The number of benzene rings is 1. The van der Waals surface area contributed by atoms with Crippen LogP contribution in [-0.2, 0) is 4.79 Å². The van der Waals surface area contributed by atoms with Gasteiger partial charge in [0.1, 0.15) is 17.4 Å². The first-order valence-electron chi connectivity index (χ1n) is 5.45. The summed E-state index contributed by atoms with van der Waals surface area (Å²) in [5, 5.41) is 26.5. The fourth-order valence-corrected chi connectivity index (χ4v) is 0.670. The van der Waals surface area contributed by atoms with Crippen LogP contribution in [-0.4, -0.2) is 16.2 Å². The molecule has 0 atom stereocenters. The maximum atomic E-state index is 10.7. The molecule has 0 unspecified atom stereocenters. The second-order valence-electron chi connectivity index (χ2n) is 2.22. The van der Waals surface area contributed by atoms with Gasteiger partial charge in [-0.25, -0.2) is 4.79 Å². The van der Waals surface area contributed by atoms with E-state index in [1.807, 2.05) is 0 Å². The third kappa shape index (κ3) is 2.35. The summed E-state index contributed by atoms with van der Waals surface area (Å²) in [4.78, 5) is 10.7. The molecular formula is C10H7NO3. The van der Waals surface area contributed by atoms with Crippen molar-refractivity contribution in [2.24, 2.45) is 0 Å². The summed E-state index contributed by atoms with van der Waals surface area (Å²) in [6, 6.07) is -0.403. The number of aliphatic carboxylic acids is 1. The molecule has 0 aliphatic rings. The van der Waals surface area contributed by atoms with Crippen molar-refractivity contribution in [2.45, 2.75) is 0 Å². The number of hydrogen-bond donors (Lipinski definition) is 2. The van der Waals surface area contributed by atoms with Crippen molar-refractivity contribution < 1.29 is 20.5 Å². The SMILES string of the molecule is [2H]C(=C(C#N)C(=O)O)c1cc([2H])c(O)c([2H])c1[2H]. The summed E-state index contributed by atoms with van der Waals surface area (Å²) in [6.45, 7) is 0. The van der Waals surface area contributed by atoms with E-state index in [2.05, 4.69) is 0 Å². The third-order valence-electron chi connectivity index (χ3n) is 1.25. The molecule has 4 heteroatoms. The predicted octanol–water partition coefficient (Wildman–Crippen LogP) is 1.38. The molecule has 0 aliphatic heterocycles. The average Bonchev–Trinajstić information content (AvgIpc) is 2.31. The van der Waals surface area contributed by atoms with Crippen LogP contribution in [0.4, 0.5) is 0 Å². The number of carbonyl (C=O) groups is 1. The Labute approximate surface area is 86.0 Å². The quantitative estimate of drug-likeness (QED) is 0.549. The van der Waals surface area contributed by atoms with Crippen molar-refractivity contribution in [3.05, 3.63) is 35.3 Å². The number of rotatable bonds is 2. The molecule has 0 saturated carbocycles. The van der Waals surface area contributed by atoms with Crippen LogP contribution < -0.4 is 0 Å². The van der Waals surface area contributed by atoms with E-state index >= 15 is 0 Å². The lowest BCUT2D eigenvalue weighted by Crippen LogP contribution is -1.97. The molecule has 0 heterocycles. The minimum Gasteiger partial charge on any atom is -0.508 e. The van der Waals surface area contributed by atoms with E-state index in [0.717, 1.165) is 6.07 Å². The maximum Gasteiger partial charge on any atom is 0.346 e. The molecule has 0 radical (unpaired) electrons. The molecule has 0 spiro atoms. The van der Waals surface area contributed by atoms with Gasteiger partial charge in [-0.15, -0.1) is 0 Å². The topological polar surface area (TPSA) is 81.3 Å². The molecule has 0 bridgehead atoms. The van der Waals surface area contributed by atoms with Gasteiger partial charge in [0.05, 0.1) is 5.48 Å². The van der Waals surface area contributed by atoms with E-state index in [0.29, 0.717) is 0 Å². The van der Waals surface area contributed by atoms with E-state index in [-0.39, 0.29) is 5.56 Å². The molecule has 0 aromatic heterocycles. The van der Waals surface area contributed by atoms with Gasteiger partial charge in [0.15, 0.2) is 0 Å². The number of phenolic OH excluding ortho intramolecular Hbond substituents is 1. The number of carboxylic acid groups (broad SMARTS) is 1. The minimum atomic E-state index is -1.63. The summed E-state index contributed by atoms with van der Waals surface area (Å²) in [5.41, 5.74) is -1.25. The second-order valence-corrected chi connectivity index (χ2v) is 2.22. The number of carboxylic acids is 1. The highest BCUT2D eigenvalue weighted by atomic mass is 16.4. The van der Waals surface area contributed by atoms with E-state index in [1.54, 1.807) is 0 Å². The Bertz CT molecular complexity index is 604. The number of aromatic hydroxyl groups is 1. The van der Waals surface area contributed by atoms with Gasteiger partial charge in [-0.05, 0) is 23.7 Å². The Kier molecular flexibility index (Phi) is 1.60. The second kappa shape index (κ2) is 4.10. The predicted molar refractivity (Wildman–Crippen MR) is 49.3 cm³/mol. The van der Waals surface area contributed by atoms with Crippen molar-refractivity contribution in [1.29, 1.82) is 5.26 Å². The molecule has 2 N–H and O–H groups in total. The lowest BCUT2D eigenvalue weighted by molar-refractivity contribution is -0.132. The summed E-state index contributed by atoms with van der Waals surface area (Å²) in [6.07, 6.45) is 0. The summed E-state index contributed by atoms with van der Waals surface area (Å²) in [7, 11) is 0. The number of hydrogen-bond acceptors (Lipinski definition) is 3. The Morgan fingerprint density at radius 1 is 1.64 bits per heavy atom. The molecule has 1 rings (SSSR count). The Morgan fingerprint density at radius 3 is 2.93 bits per heavy atom. The fourth-order valence-electron chi connectivity index (χ4n) is 0.670. The highest BCUT2D eigenvalue weighted by Gasteiger charge is 2.04. The molecular weight excluding hydrogens is 182 g/mol. The number of phenols is 1. The maximum absolute atomic E-state index is 10.7. The van der Waals surface area contributed by atoms with Crippen LogP contribution in [0, 0.1) is 11.3 Å². The van der Waals surface area contributed by atoms with Crippen LogP contribution in [0.15, 0.2) is 29.8 Å². The van der Waals surface area contributed by atoms with Gasteiger partial charge >= 0.3 is 5.97 Å². The van der Waals surface area contributed by atoms with E-state index in [9.17, 15) is 9.90 Å². The fraction of sp³-hybridized carbons (Fsp3) is 0. The van der Waals surface area contributed by atoms with Gasteiger partial charge in [0, 0.05) is 0 Å². The van der Waals surface area contributed by atoms with E-state index in [4.69, 9.17) is 15.9 Å². The van der Waals surface area contributed by atoms with Crippen molar-refractivity contribution >= 4 is 12.0 Å². The highest BCUT2D eigenvalue weighted by molar-refractivity contribution is 5.96. The molecule has 14 heavy (non-hydrogen) atoms. The Balaban J connectivity index is 3.63. The third-order valence-corrected chi connectivity index (χ3v) is 1.25. The van der Waals surface area contributed by atoms with Crippen LogP contribution in [0.5, 0.6) is 5.75 Å². The highest BCUT2D eigenvalue weighted by Crippen LogP contribution is 2.12. The molecule has 0 amide bonds. The first-order valence-corrected chi connectivity index (χ1v) is 3.45. The first kappa shape index (κ1) is 5.45. The average molecular weight is 193 g/mol. The van der Waals surface area contributed by atoms with Gasteiger partial charge in [-0.2, -0.15) is 5.26 Å². The molecule has 0 saturated heterocycles. The van der Waals surface area contributed by atoms with Crippen molar-refractivity contribution in [2.75, 3.05) is 0 Å². The summed E-state index contributed by atoms with van der Waals surface area (Å²) >= 11 is 0. The molecule has 0 aliphatic carbocycles. The zero-order valence-corrected chi connectivity index (χ0v) is 6.83. The smallest absolute Gasteiger partial charge is 0.346 e. The van der Waals surface area contributed by atoms with E-state index < -0.39 is 41.5 Å². The normalized spacial score (nSPS) is 15.4. The first-order chi connectivity index (χ1) is 8.31. The Morgan fingerprint density at radius 2 is 2.36 bits per heavy atom. The summed E-state index contributed by atoms with van der Waals surface area (Å²) in [5.74, 6) is -2.36. The van der Waals surface area contributed by atoms with Crippen LogP contribution in [0.1, 0.15) is 11.0 Å². The largest absolute Gasteiger partial charge is 0.508 e. The molecule has 4 nitrogen and oxygen atoms in total. The number of nitriles is 1. The lowest BCUT2D eigenvalue weighted by atomic mass is 10.1. The Hall–Kier alpha value is -2.28.